The molecule has 0 fully saturated rings. The SMILES string of the molecule is CC(O)CCNc1cnnc2ccccc12. The predicted molar refractivity (Wildman–Crippen MR) is 64.3 cm³/mol. The molecular weight excluding hydrogens is 202 g/mol. The molecule has 4 heteroatoms. The summed E-state index contributed by atoms with van der Waals surface area (Å²) in [6.45, 7) is 2.51. The van der Waals surface area contributed by atoms with Crippen molar-refractivity contribution in [1.82, 2.24) is 10.2 Å². The highest BCUT2D eigenvalue weighted by Gasteiger charge is 2.02. The summed E-state index contributed by atoms with van der Waals surface area (Å²) in [7, 11) is 0. The molecule has 1 heterocycles. The first-order valence-corrected chi connectivity index (χ1v) is 5.40. The summed E-state index contributed by atoms with van der Waals surface area (Å²) in [4.78, 5) is 0. The molecule has 1 atom stereocenters. The Morgan fingerprint density at radius 2 is 2.19 bits per heavy atom. The second-order valence-electron chi connectivity index (χ2n) is 3.84. The molecule has 4 nitrogen and oxygen atoms in total. The van der Waals surface area contributed by atoms with E-state index in [2.05, 4.69) is 15.5 Å². The Morgan fingerprint density at radius 1 is 1.38 bits per heavy atom. The fraction of sp³-hybridized carbons (Fsp3) is 0.333. The summed E-state index contributed by atoms with van der Waals surface area (Å²) in [6, 6.07) is 7.86. The molecule has 2 rings (SSSR count). The number of fused-ring (bicyclic) bond motifs is 1. The zero-order valence-electron chi connectivity index (χ0n) is 9.22. The fourth-order valence-electron chi connectivity index (χ4n) is 1.56. The standard InChI is InChI=1S/C12H15N3O/c1-9(16)6-7-13-12-8-14-15-11-5-3-2-4-10(11)12/h2-5,8-9,16H,6-7H2,1H3,(H,13,15). The van der Waals surface area contributed by atoms with Crippen molar-refractivity contribution in [3.05, 3.63) is 30.5 Å². The zero-order valence-corrected chi connectivity index (χ0v) is 9.22. The van der Waals surface area contributed by atoms with Gasteiger partial charge in [-0.2, -0.15) is 10.2 Å². The van der Waals surface area contributed by atoms with Crippen LogP contribution in [0.15, 0.2) is 30.5 Å². The van der Waals surface area contributed by atoms with Crippen LogP contribution in [0.1, 0.15) is 13.3 Å². The molecule has 0 amide bonds. The van der Waals surface area contributed by atoms with Crippen molar-refractivity contribution in [2.45, 2.75) is 19.4 Å². The molecular formula is C12H15N3O. The lowest BCUT2D eigenvalue weighted by Crippen LogP contribution is -2.10. The molecule has 84 valence electrons. The highest BCUT2D eigenvalue weighted by atomic mass is 16.3. The van der Waals surface area contributed by atoms with Crippen LogP contribution in [0.5, 0.6) is 0 Å². The van der Waals surface area contributed by atoms with Crippen molar-refractivity contribution in [3.8, 4) is 0 Å². The number of hydrogen-bond acceptors (Lipinski definition) is 4. The summed E-state index contributed by atoms with van der Waals surface area (Å²) < 4.78 is 0. The summed E-state index contributed by atoms with van der Waals surface area (Å²) in [5.74, 6) is 0. The lowest BCUT2D eigenvalue weighted by molar-refractivity contribution is 0.189. The molecule has 0 spiro atoms. The maximum absolute atomic E-state index is 9.18. The molecule has 2 aromatic rings. The van der Waals surface area contributed by atoms with Crippen LogP contribution in [0.3, 0.4) is 0 Å². The van der Waals surface area contributed by atoms with Crippen LogP contribution in [0.4, 0.5) is 5.69 Å². The van der Waals surface area contributed by atoms with Gasteiger partial charge in [-0.15, -0.1) is 0 Å². The van der Waals surface area contributed by atoms with Gasteiger partial charge in [-0.05, 0) is 19.4 Å². The maximum atomic E-state index is 9.18. The van der Waals surface area contributed by atoms with Crippen LogP contribution >= 0.6 is 0 Å². The largest absolute Gasteiger partial charge is 0.393 e. The molecule has 2 N–H and O–H groups in total. The zero-order chi connectivity index (χ0) is 11.4. The van der Waals surface area contributed by atoms with Gasteiger partial charge in [0.2, 0.25) is 0 Å². The molecule has 16 heavy (non-hydrogen) atoms. The highest BCUT2D eigenvalue weighted by Crippen LogP contribution is 2.19. The van der Waals surface area contributed by atoms with E-state index >= 15 is 0 Å². The minimum atomic E-state index is -0.284. The Hall–Kier alpha value is -1.68. The Kier molecular flexibility index (Phi) is 3.31. The topological polar surface area (TPSA) is 58.0 Å². The van der Waals surface area contributed by atoms with Crippen molar-refractivity contribution in [1.29, 1.82) is 0 Å². The third-order valence-electron chi connectivity index (χ3n) is 2.42. The lowest BCUT2D eigenvalue weighted by atomic mass is 10.2. The van der Waals surface area contributed by atoms with Gasteiger partial charge >= 0.3 is 0 Å². The van der Waals surface area contributed by atoms with Crippen LogP contribution in [0.2, 0.25) is 0 Å². The van der Waals surface area contributed by atoms with Gasteiger partial charge in [0, 0.05) is 11.9 Å². The van der Waals surface area contributed by atoms with Crippen molar-refractivity contribution in [3.63, 3.8) is 0 Å². The Balaban J connectivity index is 2.17. The van der Waals surface area contributed by atoms with Crippen molar-refractivity contribution in [2.24, 2.45) is 0 Å². The molecule has 0 saturated carbocycles. The van der Waals surface area contributed by atoms with E-state index in [1.54, 1.807) is 13.1 Å². The minimum absolute atomic E-state index is 0.284. The first-order chi connectivity index (χ1) is 7.77. The monoisotopic (exact) mass is 217 g/mol. The predicted octanol–water partition coefficient (Wildman–Crippen LogP) is 1.81. The number of anilines is 1. The number of aromatic nitrogens is 2. The van der Waals surface area contributed by atoms with Crippen LogP contribution in [0, 0.1) is 0 Å². The second-order valence-corrected chi connectivity index (χ2v) is 3.84. The molecule has 0 aliphatic carbocycles. The second kappa shape index (κ2) is 4.90. The summed E-state index contributed by atoms with van der Waals surface area (Å²) in [5.41, 5.74) is 1.84. The van der Waals surface area contributed by atoms with Crippen molar-refractivity contribution >= 4 is 16.6 Å². The molecule has 1 aromatic heterocycles. The van der Waals surface area contributed by atoms with Crippen LogP contribution in [0.25, 0.3) is 10.9 Å². The van der Waals surface area contributed by atoms with E-state index in [1.165, 1.54) is 0 Å². The quantitative estimate of drug-likeness (QED) is 0.820. The first-order valence-electron chi connectivity index (χ1n) is 5.40. The van der Waals surface area contributed by atoms with E-state index in [1.807, 2.05) is 24.3 Å². The number of nitrogens with zero attached hydrogens (tertiary/aromatic N) is 2. The number of rotatable bonds is 4. The molecule has 1 aromatic carbocycles. The number of aliphatic hydroxyl groups excluding tert-OH is 1. The lowest BCUT2D eigenvalue weighted by Gasteiger charge is -2.09. The van der Waals surface area contributed by atoms with E-state index in [0.29, 0.717) is 0 Å². The first kappa shape index (κ1) is 10.8. The average Bonchev–Trinajstić information content (AvgIpc) is 2.29. The van der Waals surface area contributed by atoms with Crippen LogP contribution < -0.4 is 5.32 Å². The molecule has 0 bridgehead atoms. The van der Waals surface area contributed by atoms with Gasteiger partial charge in [0.05, 0.1) is 23.5 Å². The number of benzene rings is 1. The molecule has 0 aliphatic rings. The van der Waals surface area contributed by atoms with Gasteiger partial charge in [-0.25, -0.2) is 0 Å². The van der Waals surface area contributed by atoms with Gasteiger partial charge in [-0.1, -0.05) is 18.2 Å². The van der Waals surface area contributed by atoms with Gasteiger partial charge in [0.1, 0.15) is 0 Å². The highest BCUT2D eigenvalue weighted by molar-refractivity contribution is 5.90. The van der Waals surface area contributed by atoms with Crippen LogP contribution in [-0.4, -0.2) is 28.0 Å². The summed E-state index contributed by atoms with van der Waals surface area (Å²) >= 11 is 0. The van der Waals surface area contributed by atoms with E-state index < -0.39 is 0 Å². The smallest absolute Gasteiger partial charge is 0.0950 e. The number of nitrogens with one attached hydrogen (secondary N) is 1. The van der Waals surface area contributed by atoms with Crippen molar-refractivity contribution < 1.29 is 5.11 Å². The number of aliphatic hydroxyl groups is 1. The maximum Gasteiger partial charge on any atom is 0.0950 e. The van der Waals surface area contributed by atoms with Crippen molar-refractivity contribution in [2.75, 3.05) is 11.9 Å². The fourth-order valence-corrected chi connectivity index (χ4v) is 1.56. The van der Waals surface area contributed by atoms with Gasteiger partial charge in [-0.3, -0.25) is 0 Å². The van der Waals surface area contributed by atoms with Gasteiger partial charge < -0.3 is 10.4 Å². The Labute approximate surface area is 94.3 Å². The molecule has 0 saturated heterocycles. The average molecular weight is 217 g/mol. The van der Waals surface area contributed by atoms with Gasteiger partial charge in [0.15, 0.2) is 0 Å². The van der Waals surface area contributed by atoms with E-state index in [0.717, 1.165) is 29.6 Å². The summed E-state index contributed by atoms with van der Waals surface area (Å²) in [6.07, 6.45) is 2.15. The molecule has 0 radical (unpaired) electrons. The Morgan fingerprint density at radius 3 is 3.00 bits per heavy atom. The normalized spacial score (nSPS) is 12.6. The van der Waals surface area contributed by atoms with E-state index in [4.69, 9.17) is 0 Å². The van der Waals surface area contributed by atoms with Crippen LogP contribution in [-0.2, 0) is 0 Å². The Bertz CT molecular complexity index is 465. The van der Waals surface area contributed by atoms with Gasteiger partial charge in [0.25, 0.3) is 0 Å². The van der Waals surface area contributed by atoms with E-state index in [-0.39, 0.29) is 6.10 Å². The third kappa shape index (κ3) is 2.46. The molecule has 1 unspecified atom stereocenters. The minimum Gasteiger partial charge on any atom is -0.393 e. The number of hydrogen-bond donors (Lipinski definition) is 2. The molecule has 0 aliphatic heterocycles. The van der Waals surface area contributed by atoms with E-state index in [9.17, 15) is 5.11 Å². The summed E-state index contributed by atoms with van der Waals surface area (Å²) in [5, 5.41) is 21.5. The third-order valence-corrected chi connectivity index (χ3v) is 2.42.